The second kappa shape index (κ2) is 11.7. The van der Waals surface area contributed by atoms with Gasteiger partial charge in [0.05, 0.1) is 27.4 Å². The fourth-order valence-corrected chi connectivity index (χ4v) is 3.06. The molecule has 0 atom stereocenters. The molecule has 0 bridgehead atoms. The molecule has 0 radical (unpaired) electrons. The van der Waals surface area contributed by atoms with Crippen LogP contribution in [0.3, 0.4) is 0 Å². The van der Waals surface area contributed by atoms with Gasteiger partial charge in [-0.25, -0.2) is 0 Å². The normalized spacial score (nSPS) is 14.0. The van der Waals surface area contributed by atoms with Crippen molar-refractivity contribution in [2.75, 3.05) is 57.8 Å². The first kappa shape index (κ1) is 23.1. The molecular formula is C21H29IN4O3. The summed E-state index contributed by atoms with van der Waals surface area (Å²) in [4.78, 5) is 6.63. The van der Waals surface area contributed by atoms with Gasteiger partial charge in [0, 0.05) is 44.1 Å². The molecule has 0 aromatic heterocycles. The number of guanidine groups is 1. The number of nitrogens with zero attached hydrogens (tertiary/aromatic N) is 2. The Hall–Kier alpha value is -2.20. The highest BCUT2D eigenvalue weighted by Gasteiger charge is 2.11. The third-order valence-electron chi connectivity index (χ3n) is 4.64. The molecule has 0 aliphatic carbocycles. The molecule has 2 aromatic rings. The molecule has 158 valence electrons. The van der Waals surface area contributed by atoms with Gasteiger partial charge in [-0.15, -0.1) is 24.0 Å². The summed E-state index contributed by atoms with van der Waals surface area (Å²) >= 11 is 0. The molecule has 7 nitrogen and oxygen atoms in total. The Morgan fingerprint density at radius 2 is 1.72 bits per heavy atom. The molecule has 1 aliphatic heterocycles. The summed E-state index contributed by atoms with van der Waals surface area (Å²) in [7, 11) is 4.99. The average molecular weight is 512 g/mol. The summed E-state index contributed by atoms with van der Waals surface area (Å²) in [5.41, 5.74) is 3.29. The van der Waals surface area contributed by atoms with Crippen LogP contribution >= 0.6 is 24.0 Å². The van der Waals surface area contributed by atoms with E-state index < -0.39 is 0 Å². The van der Waals surface area contributed by atoms with E-state index in [4.69, 9.17) is 14.2 Å². The standard InChI is InChI=1S/C21H28N4O3.HI/c1-22-21(24-17-6-9-19(26-2)20(14-17)27-3)23-15-16-4-7-18(8-5-16)25-10-12-28-13-11-25;/h4-9,14H,10-13,15H2,1-3H3,(H2,22,23,24);1H. The van der Waals surface area contributed by atoms with Crippen molar-refractivity contribution in [3.63, 3.8) is 0 Å². The van der Waals surface area contributed by atoms with Crippen LogP contribution in [0.4, 0.5) is 11.4 Å². The van der Waals surface area contributed by atoms with Crippen LogP contribution in [0.2, 0.25) is 0 Å². The summed E-state index contributed by atoms with van der Waals surface area (Å²) in [6, 6.07) is 14.3. The molecule has 2 aromatic carbocycles. The zero-order chi connectivity index (χ0) is 19.8. The Morgan fingerprint density at radius 1 is 1.03 bits per heavy atom. The molecule has 0 amide bonds. The maximum absolute atomic E-state index is 5.41. The largest absolute Gasteiger partial charge is 0.493 e. The van der Waals surface area contributed by atoms with E-state index >= 15 is 0 Å². The van der Waals surface area contributed by atoms with Gasteiger partial charge >= 0.3 is 0 Å². The van der Waals surface area contributed by atoms with Crippen LogP contribution in [-0.4, -0.2) is 53.5 Å². The van der Waals surface area contributed by atoms with Crippen LogP contribution in [0, 0.1) is 0 Å². The topological polar surface area (TPSA) is 67.4 Å². The van der Waals surface area contributed by atoms with Gasteiger partial charge in [0.1, 0.15) is 0 Å². The molecule has 0 spiro atoms. The van der Waals surface area contributed by atoms with Gasteiger partial charge in [-0.3, -0.25) is 4.99 Å². The van der Waals surface area contributed by atoms with Gasteiger partial charge in [0.2, 0.25) is 0 Å². The van der Waals surface area contributed by atoms with Crippen molar-refractivity contribution in [1.82, 2.24) is 5.32 Å². The highest BCUT2D eigenvalue weighted by atomic mass is 127. The quantitative estimate of drug-likeness (QED) is 0.352. The zero-order valence-corrected chi connectivity index (χ0v) is 19.4. The molecule has 1 fully saturated rings. The number of morpholine rings is 1. The van der Waals surface area contributed by atoms with Crippen molar-refractivity contribution in [3.8, 4) is 11.5 Å². The van der Waals surface area contributed by atoms with Crippen molar-refractivity contribution in [2.45, 2.75) is 6.54 Å². The lowest BCUT2D eigenvalue weighted by Gasteiger charge is -2.28. The zero-order valence-electron chi connectivity index (χ0n) is 17.1. The maximum Gasteiger partial charge on any atom is 0.195 e. The summed E-state index contributed by atoms with van der Waals surface area (Å²) in [6.45, 7) is 4.15. The van der Waals surface area contributed by atoms with E-state index in [1.54, 1.807) is 21.3 Å². The second-order valence-corrected chi connectivity index (χ2v) is 6.39. The van der Waals surface area contributed by atoms with Crippen LogP contribution in [-0.2, 0) is 11.3 Å². The molecular weight excluding hydrogens is 483 g/mol. The van der Waals surface area contributed by atoms with Crippen molar-refractivity contribution in [1.29, 1.82) is 0 Å². The predicted molar refractivity (Wildman–Crippen MR) is 128 cm³/mol. The smallest absolute Gasteiger partial charge is 0.195 e. The van der Waals surface area contributed by atoms with Gasteiger partial charge in [-0.2, -0.15) is 0 Å². The highest BCUT2D eigenvalue weighted by Crippen LogP contribution is 2.29. The number of methoxy groups -OCH3 is 2. The number of nitrogens with one attached hydrogen (secondary N) is 2. The molecule has 1 aliphatic rings. The van der Waals surface area contributed by atoms with Crippen LogP contribution in [0.25, 0.3) is 0 Å². The monoisotopic (exact) mass is 512 g/mol. The van der Waals surface area contributed by atoms with Gasteiger partial charge in [0.25, 0.3) is 0 Å². The van der Waals surface area contributed by atoms with Crippen LogP contribution in [0.1, 0.15) is 5.56 Å². The lowest BCUT2D eigenvalue weighted by molar-refractivity contribution is 0.122. The Kier molecular flexibility index (Phi) is 9.33. The fourth-order valence-electron chi connectivity index (χ4n) is 3.06. The predicted octanol–water partition coefficient (Wildman–Crippen LogP) is 3.35. The summed E-state index contributed by atoms with van der Waals surface area (Å²) < 4.78 is 16.0. The summed E-state index contributed by atoms with van der Waals surface area (Å²) in [5.74, 6) is 2.04. The number of ether oxygens (including phenoxy) is 3. The molecule has 0 saturated carbocycles. The molecule has 29 heavy (non-hydrogen) atoms. The van der Waals surface area contributed by atoms with Crippen LogP contribution < -0.4 is 25.0 Å². The number of hydrogen-bond acceptors (Lipinski definition) is 5. The minimum Gasteiger partial charge on any atom is -0.493 e. The first-order valence-corrected chi connectivity index (χ1v) is 9.35. The molecule has 0 unspecified atom stereocenters. The summed E-state index contributed by atoms with van der Waals surface area (Å²) in [5, 5.41) is 6.60. The minimum atomic E-state index is 0. The lowest BCUT2D eigenvalue weighted by atomic mass is 10.2. The van der Waals surface area contributed by atoms with Crippen molar-refractivity contribution >= 4 is 41.3 Å². The number of aliphatic imine (C=N–C) groups is 1. The second-order valence-electron chi connectivity index (χ2n) is 6.39. The van der Waals surface area contributed by atoms with Gasteiger partial charge in [-0.05, 0) is 29.8 Å². The average Bonchev–Trinajstić information content (AvgIpc) is 2.77. The van der Waals surface area contributed by atoms with Crippen molar-refractivity contribution in [2.24, 2.45) is 4.99 Å². The third-order valence-corrected chi connectivity index (χ3v) is 4.64. The Balaban J connectivity index is 0.00000300. The highest BCUT2D eigenvalue weighted by molar-refractivity contribution is 14.0. The fraction of sp³-hybridized carbons (Fsp3) is 0.381. The third kappa shape index (κ3) is 6.40. The van der Waals surface area contributed by atoms with E-state index in [1.807, 2.05) is 18.2 Å². The van der Waals surface area contributed by atoms with Gasteiger partial charge in [-0.1, -0.05) is 12.1 Å². The molecule has 8 heteroatoms. The Morgan fingerprint density at radius 3 is 2.34 bits per heavy atom. The van der Waals surface area contributed by atoms with Crippen LogP contribution in [0.5, 0.6) is 11.5 Å². The number of rotatable bonds is 6. The first-order chi connectivity index (χ1) is 13.7. The van der Waals surface area contributed by atoms with Crippen molar-refractivity contribution in [3.05, 3.63) is 48.0 Å². The van der Waals surface area contributed by atoms with E-state index in [2.05, 4.69) is 44.8 Å². The molecule has 2 N–H and O–H groups in total. The number of anilines is 2. The number of benzene rings is 2. The summed E-state index contributed by atoms with van der Waals surface area (Å²) in [6.07, 6.45) is 0. The maximum atomic E-state index is 5.41. The van der Waals surface area contributed by atoms with E-state index in [0.29, 0.717) is 24.0 Å². The van der Waals surface area contributed by atoms with Crippen LogP contribution in [0.15, 0.2) is 47.5 Å². The first-order valence-electron chi connectivity index (χ1n) is 9.35. The van der Waals surface area contributed by atoms with Gasteiger partial charge in [0.15, 0.2) is 17.5 Å². The van der Waals surface area contributed by atoms with E-state index in [1.165, 1.54) is 11.3 Å². The van der Waals surface area contributed by atoms with E-state index in [9.17, 15) is 0 Å². The van der Waals surface area contributed by atoms with Gasteiger partial charge < -0.3 is 29.7 Å². The molecule has 1 heterocycles. The molecule has 3 rings (SSSR count). The molecule has 1 saturated heterocycles. The van der Waals surface area contributed by atoms with E-state index in [0.717, 1.165) is 32.0 Å². The lowest BCUT2D eigenvalue weighted by Crippen LogP contribution is -2.36. The number of hydrogen-bond donors (Lipinski definition) is 2. The Bertz CT molecular complexity index is 793. The van der Waals surface area contributed by atoms with E-state index in [-0.39, 0.29) is 24.0 Å². The SMILES string of the molecule is CN=C(NCc1ccc(N2CCOCC2)cc1)Nc1ccc(OC)c(OC)c1.I. The van der Waals surface area contributed by atoms with Crippen molar-refractivity contribution < 1.29 is 14.2 Å². The Labute approximate surface area is 189 Å². The number of halogens is 1. The minimum absolute atomic E-state index is 0.